The average molecular weight is 212 g/mol. The molecule has 3 heteroatoms. The van der Waals surface area contributed by atoms with Crippen molar-refractivity contribution in [3.63, 3.8) is 0 Å². The number of rotatable bonds is 5. The molecule has 2 unspecified atom stereocenters. The van der Waals surface area contributed by atoms with Gasteiger partial charge in [-0.3, -0.25) is 0 Å². The van der Waals surface area contributed by atoms with Gasteiger partial charge in [0.05, 0.1) is 6.10 Å². The summed E-state index contributed by atoms with van der Waals surface area (Å²) in [6.07, 6.45) is 9.07. The zero-order valence-corrected chi connectivity index (χ0v) is 9.80. The van der Waals surface area contributed by atoms with Gasteiger partial charge in [0, 0.05) is 18.7 Å². The van der Waals surface area contributed by atoms with E-state index in [1.807, 2.05) is 7.11 Å². The lowest BCUT2D eigenvalue weighted by Crippen LogP contribution is -2.49. The number of nitrogens with one attached hydrogen (secondary N) is 1. The standard InChI is InChI=1S/C12H24N2O/c1-15-11-5-2-4-10(11)14-9-8-12(13)6-3-7-12/h10-11,14H,2-9,13H2,1H3. The van der Waals surface area contributed by atoms with Gasteiger partial charge in [-0.1, -0.05) is 0 Å². The minimum absolute atomic E-state index is 0.161. The Bertz CT molecular complexity index is 204. The van der Waals surface area contributed by atoms with E-state index in [4.69, 9.17) is 10.5 Å². The molecule has 0 bridgehead atoms. The van der Waals surface area contributed by atoms with Crippen molar-refractivity contribution in [1.29, 1.82) is 0 Å². The number of ether oxygens (including phenoxy) is 1. The Labute approximate surface area is 92.7 Å². The van der Waals surface area contributed by atoms with E-state index in [0.29, 0.717) is 12.1 Å². The first-order valence-corrected chi connectivity index (χ1v) is 6.29. The molecule has 2 saturated carbocycles. The van der Waals surface area contributed by atoms with E-state index < -0.39 is 0 Å². The lowest BCUT2D eigenvalue weighted by atomic mass is 9.75. The highest BCUT2D eigenvalue weighted by Gasteiger charge is 2.32. The summed E-state index contributed by atoms with van der Waals surface area (Å²) in [6.45, 7) is 1.06. The molecule has 3 nitrogen and oxygen atoms in total. The Balaban J connectivity index is 1.64. The molecule has 0 aliphatic heterocycles. The number of hydrogen-bond acceptors (Lipinski definition) is 3. The van der Waals surface area contributed by atoms with Crippen LogP contribution in [0.2, 0.25) is 0 Å². The second-order valence-corrected chi connectivity index (χ2v) is 5.23. The summed E-state index contributed by atoms with van der Waals surface area (Å²) in [6, 6.07) is 0.568. The second-order valence-electron chi connectivity index (χ2n) is 5.23. The molecular formula is C12H24N2O. The van der Waals surface area contributed by atoms with Crippen molar-refractivity contribution in [3.05, 3.63) is 0 Å². The highest BCUT2D eigenvalue weighted by Crippen LogP contribution is 2.31. The van der Waals surface area contributed by atoms with E-state index in [1.54, 1.807) is 0 Å². The van der Waals surface area contributed by atoms with Crippen molar-refractivity contribution < 1.29 is 4.74 Å². The van der Waals surface area contributed by atoms with E-state index in [9.17, 15) is 0 Å². The van der Waals surface area contributed by atoms with E-state index >= 15 is 0 Å². The lowest BCUT2D eigenvalue weighted by molar-refractivity contribution is 0.0836. The number of methoxy groups -OCH3 is 1. The van der Waals surface area contributed by atoms with Gasteiger partial charge in [-0.2, -0.15) is 0 Å². The molecule has 0 spiro atoms. The quantitative estimate of drug-likeness (QED) is 0.724. The Hall–Kier alpha value is -0.120. The molecule has 2 rings (SSSR count). The van der Waals surface area contributed by atoms with Gasteiger partial charge in [-0.05, 0) is 51.5 Å². The molecule has 0 aromatic heterocycles. The number of hydrogen-bond donors (Lipinski definition) is 2. The van der Waals surface area contributed by atoms with Crippen LogP contribution < -0.4 is 11.1 Å². The van der Waals surface area contributed by atoms with Crippen molar-refractivity contribution in [2.24, 2.45) is 5.73 Å². The summed E-state index contributed by atoms with van der Waals surface area (Å²) in [5, 5.41) is 3.60. The topological polar surface area (TPSA) is 47.3 Å². The smallest absolute Gasteiger partial charge is 0.0724 e. The first kappa shape index (κ1) is 11.4. The fraction of sp³-hybridized carbons (Fsp3) is 1.00. The molecule has 2 atom stereocenters. The van der Waals surface area contributed by atoms with Crippen LogP contribution in [-0.4, -0.2) is 31.3 Å². The van der Waals surface area contributed by atoms with Crippen LogP contribution in [0.1, 0.15) is 44.9 Å². The van der Waals surface area contributed by atoms with E-state index in [2.05, 4.69) is 5.32 Å². The lowest BCUT2D eigenvalue weighted by Gasteiger charge is -2.38. The van der Waals surface area contributed by atoms with Crippen molar-refractivity contribution in [1.82, 2.24) is 5.32 Å². The first-order chi connectivity index (χ1) is 7.23. The predicted octanol–water partition coefficient (Wildman–Crippen LogP) is 1.41. The number of nitrogens with two attached hydrogens (primary N) is 1. The molecule has 88 valence electrons. The van der Waals surface area contributed by atoms with Gasteiger partial charge in [-0.25, -0.2) is 0 Å². The zero-order valence-electron chi connectivity index (χ0n) is 9.80. The molecule has 0 heterocycles. The molecule has 0 aromatic carbocycles. The molecule has 2 aliphatic carbocycles. The van der Waals surface area contributed by atoms with Gasteiger partial charge in [0.15, 0.2) is 0 Å². The van der Waals surface area contributed by atoms with Crippen LogP contribution in [0.3, 0.4) is 0 Å². The molecule has 0 radical (unpaired) electrons. The minimum atomic E-state index is 0.161. The summed E-state index contributed by atoms with van der Waals surface area (Å²) in [5.41, 5.74) is 6.34. The minimum Gasteiger partial charge on any atom is -0.380 e. The van der Waals surface area contributed by atoms with E-state index in [1.165, 1.54) is 38.5 Å². The Morgan fingerprint density at radius 2 is 2.13 bits per heavy atom. The Morgan fingerprint density at radius 3 is 2.73 bits per heavy atom. The van der Waals surface area contributed by atoms with Crippen molar-refractivity contribution in [2.75, 3.05) is 13.7 Å². The molecule has 0 amide bonds. The van der Waals surface area contributed by atoms with Gasteiger partial charge in [0.25, 0.3) is 0 Å². The maximum atomic E-state index is 6.18. The second kappa shape index (κ2) is 4.81. The van der Waals surface area contributed by atoms with Gasteiger partial charge >= 0.3 is 0 Å². The van der Waals surface area contributed by atoms with Gasteiger partial charge in [-0.15, -0.1) is 0 Å². The van der Waals surface area contributed by atoms with Crippen LogP contribution in [0, 0.1) is 0 Å². The molecular weight excluding hydrogens is 188 g/mol. The van der Waals surface area contributed by atoms with Crippen LogP contribution in [0.25, 0.3) is 0 Å². The fourth-order valence-electron chi connectivity index (χ4n) is 2.83. The summed E-state index contributed by atoms with van der Waals surface area (Å²) in [7, 11) is 1.82. The van der Waals surface area contributed by atoms with Gasteiger partial charge < -0.3 is 15.8 Å². The van der Waals surface area contributed by atoms with Crippen molar-refractivity contribution >= 4 is 0 Å². The maximum absolute atomic E-state index is 6.18. The first-order valence-electron chi connectivity index (χ1n) is 6.29. The Morgan fingerprint density at radius 1 is 1.33 bits per heavy atom. The third-order valence-electron chi connectivity index (χ3n) is 4.13. The molecule has 3 N–H and O–H groups in total. The highest BCUT2D eigenvalue weighted by molar-refractivity contribution is 4.93. The maximum Gasteiger partial charge on any atom is 0.0724 e. The fourth-order valence-corrected chi connectivity index (χ4v) is 2.83. The summed E-state index contributed by atoms with van der Waals surface area (Å²) >= 11 is 0. The third kappa shape index (κ3) is 2.71. The SMILES string of the molecule is COC1CCCC1NCCC1(N)CCC1. The largest absolute Gasteiger partial charge is 0.380 e. The summed E-state index contributed by atoms with van der Waals surface area (Å²) in [5.74, 6) is 0. The predicted molar refractivity (Wildman–Crippen MR) is 61.8 cm³/mol. The highest BCUT2D eigenvalue weighted by atomic mass is 16.5. The molecule has 0 saturated heterocycles. The van der Waals surface area contributed by atoms with Crippen LogP contribution in [0.5, 0.6) is 0 Å². The van der Waals surface area contributed by atoms with E-state index in [0.717, 1.165) is 13.0 Å². The van der Waals surface area contributed by atoms with Crippen molar-refractivity contribution in [2.45, 2.75) is 62.6 Å². The monoisotopic (exact) mass is 212 g/mol. The van der Waals surface area contributed by atoms with E-state index in [-0.39, 0.29) is 5.54 Å². The van der Waals surface area contributed by atoms with Crippen LogP contribution in [0.15, 0.2) is 0 Å². The molecule has 15 heavy (non-hydrogen) atoms. The summed E-state index contributed by atoms with van der Waals surface area (Å²) in [4.78, 5) is 0. The van der Waals surface area contributed by atoms with Crippen LogP contribution in [-0.2, 0) is 4.74 Å². The molecule has 0 aromatic rings. The third-order valence-corrected chi connectivity index (χ3v) is 4.13. The van der Waals surface area contributed by atoms with Gasteiger partial charge in [0.1, 0.15) is 0 Å². The Kier molecular flexibility index (Phi) is 3.65. The normalized spacial score (nSPS) is 34.0. The van der Waals surface area contributed by atoms with Crippen LogP contribution >= 0.6 is 0 Å². The van der Waals surface area contributed by atoms with Gasteiger partial charge in [0.2, 0.25) is 0 Å². The molecule has 2 fully saturated rings. The molecule has 2 aliphatic rings. The zero-order chi connectivity index (χ0) is 10.7. The summed E-state index contributed by atoms with van der Waals surface area (Å²) < 4.78 is 5.45. The van der Waals surface area contributed by atoms with Crippen molar-refractivity contribution in [3.8, 4) is 0 Å². The average Bonchev–Trinajstić information content (AvgIpc) is 2.63. The van der Waals surface area contributed by atoms with Crippen LogP contribution in [0.4, 0.5) is 0 Å².